The third kappa shape index (κ3) is 5.82. The molecule has 4 heteroatoms. The smallest absolute Gasteiger partial charge is 0.0587 e. The van der Waals surface area contributed by atoms with Crippen molar-refractivity contribution in [1.29, 1.82) is 0 Å². The third-order valence-corrected chi connectivity index (χ3v) is 3.75. The second-order valence-electron chi connectivity index (χ2n) is 4.89. The first-order valence-corrected chi connectivity index (χ1v) is 6.90. The Hall–Kier alpha value is -0.160. The van der Waals surface area contributed by atoms with Crippen LogP contribution >= 0.6 is 0 Å². The van der Waals surface area contributed by atoms with Crippen LogP contribution < -0.4 is 5.32 Å². The molecule has 0 saturated carbocycles. The van der Waals surface area contributed by atoms with Gasteiger partial charge in [-0.15, -0.1) is 0 Å². The number of likely N-dealkylation sites (N-methyl/N-ethyl adjacent to an activating group) is 1. The zero-order valence-electron chi connectivity index (χ0n) is 11.7. The molecule has 0 aromatic carbocycles. The van der Waals surface area contributed by atoms with E-state index in [9.17, 15) is 0 Å². The van der Waals surface area contributed by atoms with Gasteiger partial charge in [0.1, 0.15) is 0 Å². The van der Waals surface area contributed by atoms with E-state index >= 15 is 0 Å². The lowest BCUT2D eigenvalue weighted by atomic mass is 10.0. The van der Waals surface area contributed by atoms with E-state index < -0.39 is 0 Å². The molecule has 0 radical (unpaired) electrons. The monoisotopic (exact) mass is 243 g/mol. The van der Waals surface area contributed by atoms with Crippen LogP contribution in [0, 0.1) is 0 Å². The van der Waals surface area contributed by atoms with Crippen LogP contribution in [0.5, 0.6) is 0 Å². The average molecular weight is 243 g/mol. The van der Waals surface area contributed by atoms with Gasteiger partial charge < -0.3 is 19.9 Å². The predicted octanol–water partition coefficient (Wildman–Crippen LogP) is 0.639. The summed E-state index contributed by atoms with van der Waals surface area (Å²) in [5.41, 5.74) is 0. The molecule has 0 atom stereocenters. The molecule has 0 amide bonds. The molecular weight excluding hydrogens is 214 g/mol. The maximum absolute atomic E-state index is 5.01. The van der Waals surface area contributed by atoms with Crippen molar-refractivity contribution in [2.45, 2.75) is 25.8 Å². The van der Waals surface area contributed by atoms with E-state index in [1.165, 1.54) is 32.5 Å². The van der Waals surface area contributed by atoms with Gasteiger partial charge in [0.05, 0.1) is 6.61 Å². The van der Waals surface area contributed by atoms with E-state index in [2.05, 4.69) is 29.1 Å². The van der Waals surface area contributed by atoms with E-state index in [0.29, 0.717) is 0 Å². The van der Waals surface area contributed by atoms with Gasteiger partial charge in [-0.05, 0) is 39.5 Å². The highest BCUT2D eigenvalue weighted by molar-refractivity contribution is 4.77. The van der Waals surface area contributed by atoms with Crippen molar-refractivity contribution in [2.75, 3.05) is 60.0 Å². The largest absolute Gasteiger partial charge is 0.383 e. The van der Waals surface area contributed by atoms with Gasteiger partial charge in [0.2, 0.25) is 0 Å². The van der Waals surface area contributed by atoms with E-state index in [0.717, 1.165) is 32.3 Å². The number of methoxy groups -OCH3 is 1. The number of hydrogen-bond donors (Lipinski definition) is 1. The van der Waals surface area contributed by atoms with Crippen molar-refractivity contribution < 1.29 is 4.74 Å². The summed E-state index contributed by atoms with van der Waals surface area (Å²) in [7, 11) is 4.00. The quantitative estimate of drug-likeness (QED) is 0.633. The first kappa shape index (κ1) is 14.9. The van der Waals surface area contributed by atoms with E-state index in [1.807, 2.05) is 0 Å². The molecule has 1 heterocycles. The van der Waals surface area contributed by atoms with Crippen LogP contribution in [0.15, 0.2) is 0 Å². The highest BCUT2D eigenvalue weighted by Gasteiger charge is 2.20. The lowest BCUT2D eigenvalue weighted by molar-refractivity contribution is 0.131. The van der Waals surface area contributed by atoms with Crippen molar-refractivity contribution in [3.8, 4) is 0 Å². The van der Waals surface area contributed by atoms with Gasteiger partial charge in [0, 0.05) is 32.8 Å². The summed E-state index contributed by atoms with van der Waals surface area (Å²) in [5.74, 6) is 0. The Morgan fingerprint density at radius 2 is 2.00 bits per heavy atom. The van der Waals surface area contributed by atoms with Crippen LogP contribution in [0.2, 0.25) is 0 Å². The Morgan fingerprint density at radius 1 is 1.29 bits per heavy atom. The molecule has 1 fully saturated rings. The third-order valence-electron chi connectivity index (χ3n) is 3.75. The summed E-state index contributed by atoms with van der Waals surface area (Å²) < 4.78 is 5.01. The molecule has 102 valence electrons. The molecule has 1 aliphatic heterocycles. The Morgan fingerprint density at radius 3 is 2.59 bits per heavy atom. The number of nitrogens with one attached hydrogen (secondary N) is 1. The standard InChI is InChI=1S/C13H29N3O/c1-4-16-9-5-13(6-10-16)15(2)11-7-14-8-12-17-3/h13-14H,4-12H2,1-3H3. The zero-order valence-corrected chi connectivity index (χ0v) is 11.7. The number of ether oxygens (including phenoxy) is 1. The Labute approximate surface area is 106 Å². The molecule has 0 aromatic heterocycles. The Balaban J connectivity index is 2.05. The Kier molecular flexibility index (Phi) is 7.77. The van der Waals surface area contributed by atoms with Gasteiger partial charge in [-0.1, -0.05) is 6.92 Å². The minimum atomic E-state index is 0.780. The van der Waals surface area contributed by atoms with Gasteiger partial charge in [-0.3, -0.25) is 0 Å². The lowest BCUT2D eigenvalue weighted by Gasteiger charge is -2.36. The van der Waals surface area contributed by atoms with E-state index in [-0.39, 0.29) is 0 Å². The van der Waals surface area contributed by atoms with Crippen LogP contribution in [0.4, 0.5) is 0 Å². The summed E-state index contributed by atoms with van der Waals surface area (Å²) in [5, 5.41) is 3.40. The van der Waals surface area contributed by atoms with Crippen LogP contribution in [0.1, 0.15) is 19.8 Å². The van der Waals surface area contributed by atoms with Gasteiger partial charge >= 0.3 is 0 Å². The first-order chi connectivity index (χ1) is 8.27. The molecule has 1 saturated heterocycles. The molecule has 0 unspecified atom stereocenters. The predicted molar refractivity (Wildman–Crippen MR) is 72.5 cm³/mol. The number of nitrogens with zero attached hydrogens (tertiary/aromatic N) is 2. The maximum atomic E-state index is 5.01. The summed E-state index contributed by atoms with van der Waals surface area (Å²) in [6, 6.07) is 0.780. The molecule has 0 aromatic rings. The summed E-state index contributed by atoms with van der Waals surface area (Å²) in [4.78, 5) is 5.05. The molecule has 17 heavy (non-hydrogen) atoms. The highest BCUT2D eigenvalue weighted by Crippen LogP contribution is 2.14. The molecule has 0 spiro atoms. The number of piperidine rings is 1. The minimum absolute atomic E-state index is 0.780. The second kappa shape index (κ2) is 8.86. The van der Waals surface area contributed by atoms with Gasteiger partial charge in [0.15, 0.2) is 0 Å². The summed E-state index contributed by atoms with van der Waals surface area (Å²) in [6.07, 6.45) is 2.64. The van der Waals surface area contributed by atoms with Gasteiger partial charge in [-0.25, -0.2) is 0 Å². The minimum Gasteiger partial charge on any atom is -0.383 e. The van der Waals surface area contributed by atoms with Crippen molar-refractivity contribution in [1.82, 2.24) is 15.1 Å². The molecule has 1 aliphatic rings. The molecular formula is C13H29N3O. The van der Waals surface area contributed by atoms with Gasteiger partial charge in [0.25, 0.3) is 0 Å². The van der Waals surface area contributed by atoms with Crippen molar-refractivity contribution in [2.24, 2.45) is 0 Å². The van der Waals surface area contributed by atoms with Crippen molar-refractivity contribution in [3.63, 3.8) is 0 Å². The van der Waals surface area contributed by atoms with E-state index in [1.54, 1.807) is 7.11 Å². The fourth-order valence-electron chi connectivity index (χ4n) is 2.41. The molecule has 1 rings (SSSR count). The number of hydrogen-bond acceptors (Lipinski definition) is 4. The maximum Gasteiger partial charge on any atom is 0.0587 e. The highest BCUT2D eigenvalue weighted by atomic mass is 16.5. The van der Waals surface area contributed by atoms with Crippen LogP contribution in [0.25, 0.3) is 0 Å². The molecule has 0 aliphatic carbocycles. The second-order valence-corrected chi connectivity index (χ2v) is 4.89. The fourth-order valence-corrected chi connectivity index (χ4v) is 2.41. The van der Waals surface area contributed by atoms with Crippen LogP contribution in [-0.4, -0.2) is 75.9 Å². The lowest BCUT2D eigenvalue weighted by Crippen LogP contribution is -2.45. The zero-order chi connectivity index (χ0) is 12.5. The van der Waals surface area contributed by atoms with Crippen LogP contribution in [-0.2, 0) is 4.74 Å². The van der Waals surface area contributed by atoms with Crippen molar-refractivity contribution in [3.05, 3.63) is 0 Å². The van der Waals surface area contributed by atoms with E-state index in [4.69, 9.17) is 4.74 Å². The number of rotatable bonds is 8. The molecule has 0 bridgehead atoms. The summed E-state index contributed by atoms with van der Waals surface area (Å²) in [6.45, 7) is 9.95. The van der Waals surface area contributed by atoms with Gasteiger partial charge in [-0.2, -0.15) is 0 Å². The first-order valence-electron chi connectivity index (χ1n) is 6.90. The SMILES string of the molecule is CCN1CCC(N(C)CCNCCOC)CC1. The molecule has 1 N–H and O–H groups in total. The number of likely N-dealkylation sites (tertiary alicyclic amines) is 1. The summed E-state index contributed by atoms with van der Waals surface area (Å²) >= 11 is 0. The van der Waals surface area contributed by atoms with Crippen molar-refractivity contribution >= 4 is 0 Å². The molecule has 4 nitrogen and oxygen atoms in total. The average Bonchev–Trinajstić information content (AvgIpc) is 2.38. The topological polar surface area (TPSA) is 27.7 Å². The normalized spacial score (nSPS) is 19.1. The van der Waals surface area contributed by atoms with Crippen LogP contribution in [0.3, 0.4) is 0 Å². The fraction of sp³-hybridized carbons (Fsp3) is 1.00. The Bertz CT molecular complexity index is 182.